The molecule has 8 rings (SSSR count). The summed E-state index contributed by atoms with van der Waals surface area (Å²) in [7, 11) is 14.5. The van der Waals surface area contributed by atoms with Crippen molar-refractivity contribution in [2.45, 2.75) is 59.3 Å². The van der Waals surface area contributed by atoms with Crippen molar-refractivity contribution in [1.29, 1.82) is 0 Å². The highest BCUT2D eigenvalue weighted by Gasteiger charge is 2.20. The molecule has 0 aromatic carbocycles. The molecule has 0 bridgehead atoms. The molecule has 7 aromatic heterocycles. The van der Waals surface area contributed by atoms with Gasteiger partial charge in [0.2, 0.25) is 0 Å². The largest absolute Gasteiger partial charge is 0.477 e. The predicted octanol–water partition coefficient (Wildman–Crippen LogP) is 9.25. The van der Waals surface area contributed by atoms with E-state index in [2.05, 4.69) is 96.2 Å². The number of aryl methyl sites for hydroxylation is 4. The van der Waals surface area contributed by atoms with Crippen LogP contribution in [0.5, 0.6) is 0 Å². The first-order chi connectivity index (χ1) is 35.6. The summed E-state index contributed by atoms with van der Waals surface area (Å²) in [5.74, 6) is -2.18. The Labute approximate surface area is 437 Å². The fourth-order valence-corrected chi connectivity index (χ4v) is 7.87. The van der Waals surface area contributed by atoms with Gasteiger partial charge in [-0.25, -0.2) is 19.4 Å². The van der Waals surface area contributed by atoms with Gasteiger partial charge >= 0.3 is 24.1 Å². The number of H-pyrrole nitrogens is 7. The van der Waals surface area contributed by atoms with Crippen LogP contribution in [0.4, 0.5) is 0 Å². The molecule has 0 radical (unpaired) electrons. The number of hydrogen-bond donors (Lipinski definition) is 9. The van der Waals surface area contributed by atoms with E-state index in [1.165, 1.54) is 12.7 Å². The molecule has 0 unspecified atom stereocenters. The molecule has 8 heterocycles. The number of nitrogens with one attached hydrogen (secondary N) is 7. The smallest absolute Gasteiger partial charge is 0.373 e. The highest BCUT2D eigenvalue weighted by molar-refractivity contribution is 6.11. The lowest BCUT2D eigenvalue weighted by atomic mass is 10.1. The molecule has 75 heavy (non-hydrogen) atoms. The van der Waals surface area contributed by atoms with Crippen molar-refractivity contribution < 1.29 is 52.7 Å². The number of ether oxygens (including phenoxy) is 1. The first-order valence-electron chi connectivity index (χ1n) is 24.4. The zero-order valence-electron chi connectivity index (χ0n) is 44.6. The second kappa shape index (κ2) is 28.1. The summed E-state index contributed by atoms with van der Waals surface area (Å²) in [6.07, 6.45) is 18.4. The van der Waals surface area contributed by atoms with Crippen molar-refractivity contribution >= 4 is 42.1 Å². The second-order valence-electron chi connectivity index (χ2n) is 19.8. The van der Waals surface area contributed by atoms with Crippen LogP contribution < -0.4 is 0 Å². The Hall–Kier alpha value is -8.51. The quantitative estimate of drug-likeness (QED) is 0.0225. The lowest BCUT2D eigenvalue weighted by Crippen LogP contribution is -2.35. The molecule has 0 saturated heterocycles. The number of nitrogens with zero attached hydrogens (tertiary/aromatic N) is 3. The molecule has 9 N–H and O–H groups in total. The van der Waals surface area contributed by atoms with Crippen molar-refractivity contribution in [2.24, 2.45) is 4.99 Å². The SMILES string of the molecule is CCCc1cc(-c2ccc[nH]2)[nH]c1C(=O)OC.C[N+](C)(C)CCCc1cc(-c2ccc[nH]2)[nH]c1C=O.Cc1c[nH]c(C(=O)O)c1.Cc1cc(C(=O)O)[nH]c1C=C1N=C(c2ccc[nH]2)C=C1CCC[N+](C)(C)C.O=C=O. The van der Waals surface area contributed by atoms with E-state index in [0.717, 1.165) is 135 Å². The summed E-state index contributed by atoms with van der Waals surface area (Å²) in [5.41, 5.74) is 14.3. The maximum absolute atomic E-state index is 11.6. The zero-order valence-corrected chi connectivity index (χ0v) is 44.6. The van der Waals surface area contributed by atoms with Gasteiger partial charge in [-0.3, -0.25) is 4.79 Å². The number of hydrogen-bond acceptors (Lipinski definition) is 8. The molecule has 1 aliphatic rings. The fraction of sp³-hybridized carbons (Fsp3) is 0.321. The van der Waals surface area contributed by atoms with Crippen molar-refractivity contribution in [3.63, 3.8) is 0 Å². The Morgan fingerprint density at radius 3 is 1.68 bits per heavy atom. The Morgan fingerprint density at radius 2 is 1.23 bits per heavy atom. The minimum absolute atomic E-state index is 0.196. The Bertz CT molecular complexity index is 3050. The van der Waals surface area contributed by atoms with Crippen LogP contribution in [0.15, 0.2) is 108 Å². The average molecular weight is 1030 g/mol. The normalized spacial score (nSPS) is 12.3. The molecule has 1 aliphatic heterocycles. The zero-order chi connectivity index (χ0) is 55.3. The molecule has 0 fully saturated rings. The monoisotopic (exact) mass is 1030 g/mol. The lowest BCUT2D eigenvalue weighted by Gasteiger charge is -2.23. The highest BCUT2D eigenvalue weighted by Crippen LogP contribution is 2.29. The van der Waals surface area contributed by atoms with Crippen molar-refractivity contribution in [3.8, 4) is 22.8 Å². The van der Waals surface area contributed by atoms with Gasteiger partial charge in [0.1, 0.15) is 17.1 Å². The van der Waals surface area contributed by atoms with Gasteiger partial charge in [-0.15, -0.1) is 0 Å². The summed E-state index contributed by atoms with van der Waals surface area (Å²) < 4.78 is 6.65. The van der Waals surface area contributed by atoms with E-state index in [-0.39, 0.29) is 23.5 Å². The van der Waals surface area contributed by atoms with E-state index in [1.54, 1.807) is 18.3 Å². The summed E-state index contributed by atoms with van der Waals surface area (Å²) in [6.45, 7) is 8.00. The minimum atomic E-state index is -0.955. The number of aromatic carboxylic acids is 2. The number of aldehydes is 1. The number of methoxy groups -OCH3 is 1. The highest BCUT2D eigenvalue weighted by atomic mass is 16.5. The molecule has 19 heteroatoms. The second-order valence-corrected chi connectivity index (χ2v) is 19.8. The van der Waals surface area contributed by atoms with Gasteiger partial charge in [0.15, 0.2) is 6.29 Å². The number of quaternary nitrogens is 2. The van der Waals surface area contributed by atoms with Crippen LogP contribution in [0.1, 0.15) is 108 Å². The first-order valence-corrected chi connectivity index (χ1v) is 24.4. The van der Waals surface area contributed by atoms with Crippen LogP contribution in [0.2, 0.25) is 0 Å². The average Bonchev–Trinajstić information content (AvgIpc) is 4.19. The third-order valence-electron chi connectivity index (χ3n) is 11.6. The summed E-state index contributed by atoms with van der Waals surface area (Å²) in [4.78, 5) is 86.5. The first kappa shape index (κ1) is 59.1. The van der Waals surface area contributed by atoms with Gasteiger partial charge in [-0.05, 0) is 134 Å². The number of carboxylic acid groups (broad SMARTS) is 2. The molecular weight excluding hydrogens is 957 g/mol. The van der Waals surface area contributed by atoms with Gasteiger partial charge in [-0.2, -0.15) is 9.59 Å². The molecule has 7 aromatic rings. The van der Waals surface area contributed by atoms with Crippen LogP contribution in [-0.2, 0) is 27.2 Å². The Morgan fingerprint density at radius 1 is 0.680 bits per heavy atom. The Kier molecular flexibility index (Phi) is 22.1. The van der Waals surface area contributed by atoms with E-state index in [1.807, 2.05) is 81.0 Å². The topological polar surface area (TPSA) is 275 Å². The van der Waals surface area contributed by atoms with Crippen LogP contribution in [0.3, 0.4) is 0 Å². The number of allylic oxidation sites excluding steroid dienone is 2. The van der Waals surface area contributed by atoms with E-state index < -0.39 is 11.9 Å². The summed E-state index contributed by atoms with van der Waals surface area (Å²) in [5, 5.41) is 17.6. The Balaban J connectivity index is 0.000000224. The molecular formula is C56H72N10O9+2. The predicted molar refractivity (Wildman–Crippen MR) is 289 cm³/mol. The van der Waals surface area contributed by atoms with Crippen LogP contribution in [-0.4, -0.2) is 153 Å². The molecule has 398 valence electrons. The summed E-state index contributed by atoms with van der Waals surface area (Å²) >= 11 is 0. The van der Waals surface area contributed by atoms with Gasteiger partial charge in [0.25, 0.3) is 0 Å². The summed E-state index contributed by atoms with van der Waals surface area (Å²) in [6, 6.07) is 19.1. The van der Waals surface area contributed by atoms with Gasteiger partial charge in [0.05, 0.1) is 108 Å². The molecule has 0 spiro atoms. The molecule has 19 nitrogen and oxygen atoms in total. The minimum Gasteiger partial charge on any atom is -0.477 e. The van der Waals surface area contributed by atoms with Crippen molar-refractivity contribution in [3.05, 3.63) is 159 Å². The van der Waals surface area contributed by atoms with Crippen LogP contribution >= 0.6 is 0 Å². The lowest BCUT2D eigenvalue weighted by molar-refractivity contribution is -0.870. The van der Waals surface area contributed by atoms with Gasteiger partial charge < -0.3 is 58.8 Å². The third kappa shape index (κ3) is 18.8. The molecule has 0 atom stereocenters. The van der Waals surface area contributed by atoms with Crippen molar-refractivity contribution in [1.82, 2.24) is 34.9 Å². The van der Waals surface area contributed by atoms with Crippen molar-refractivity contribution in [2.75, 3.05) is 62.5 Å². The number of aliphatic imine (C=N–C) groups is 1. The van der Waals surface area contributed by atoms with Gasteiger partial charge in [0, 0.05) is 43.3 Å². The molecule has 0 saturated carbocycles. The van der Waals surface area contributed by atoms with E-state index in [9.17, 15) is 24.3 Å². The standard InChI is InChI=1S/C21H26N4O2.C15H21N3O.C13H16N2O2.C6H7NO2.CO2/c1-14-11-20(21(26)27)23-17(14)13-18-15(7-6-10-25(2,3)4)12-19(24-18)16-8-5-9-22-16;1-18(2,3)9-5-6-12-10-14(17-15(12)11-19)13-7-4-8-16-13;1-3-5-9-8-11(10-6-4-7-14-10)15-12(9)13(16)17-2;1-4-2-5(6(8)9)7-3-4;2-1-3/h5,8-9,11-13H,6-7,10H2,1-4H3,(H2-,22,23,24,26,27);4,7-8,10-11H,5-6,9H2,1-3H3,(H-,16,17,19);4,6-8,14-15H,3,5H2,1-2H3;2-3,7H,1H3,(H,8,9);/p+2. The van der Waals surface area contributed by atoms with E-state index in [4.69, 9.17) is 24.4 Å². The number of aromatic nitrogens is 7. The number of carbonyl (C=O) groups excluding carboxylic acids is 4. The number of carbonyl (C=O) groups is 4. The number of aromatic amines is 7. The maximum atomic E-state index is 11.6. The van der Waals surface area contributed by atoms with E-state index >= 15 is 0 Å². The third-order valence-corrected chi connectivity index (χ3v) is 11.6. The fourth-order valence-electron chi connectivity index (χ4n) is 7.87. The maximum Gasteiger partial charge on any atom is 0.373 e. The number of esters is 1. The van der Waals surface area contributed by atoms with Crippen LogP contribution in [0, 0.1) is 13.8 Å². The number of rotatable bonds is 18. The van der Waals surface area contributed by atoms with E-state index in [0.29, 0.717) is 11.4 Å². The van der Waals surface area contributed by atoms with Gasteiger partial charge in [-0.1, -0.05) is 13.3 Å². The molecule has 0 amide bonds. The number of carboxylic acids is 2. The molecule has 0 aliphatic carbocycles. The van der Waals surface area contributed by atoms with Crippen LogP contribution in [0.25, 0.3) is 28.9 Å².